The summed E-state index contributed by atoms with van der Waals surface area (Å²) >= 11 is 0. The Morgan fingerprint density at radius 1 is 0.857 bits per heavy atom. The molecule has 0 fully saturated rings. The Morgan fingerprint density at radius 3 is 2.29 bits per heavy atom. The molecule has 0 heterocycles. The molecule has 0 aliphatic carbocycles. The predicted molar refractivity (Wildman–Crippen MR) is 66.2 cm³/mol. The van der Waals surface area contributed by atoms with Crippen LogP contribution in [-0.2, 0) is 0 Å². The Bertz CT molecular complexity index is 142. The van der Waals surface area contributed by atoms with E-state index in [0.29, 0.717) is 0 Å². The summed E-state index contributed by atoms with van der Waals surface area (Å²) in [6.07, 6.45) is 19.0. The second-order valence-electron chi connectivity index (χ2n) is 3.64. The molecule has 0 N–H and O–H groups in total. The summed E-state index contributed by atoms with van der Waals surface area (Å²) in [4.78, 5) is 0. The van der Waals surface area contributed by atoms with E-state index in [9.17, 15) is 0 Å². The number of hydrogen-bond acceptors (Lipinski definition) is 0. The Balaban J connectivity index is 3.07. The van der Waals surface area contributed by atoms with Crippen LogP contribution in [-0.4, -0.2) is 0 Å². The third kappa shape index (κ3) is 11.5. The monoisotopic (exact) mass is 193 g/mol. The van der Waals surface area contributed by atoms with Gasteiger partial charge < -0.3 is 0 Å². The van der Waals surface area contributed by atoms with Gasteiger partial charge in [0.1, 0.15) is 0 Å². The third-order valence-corrected chi connectivity index (χ3v) is 2.21. The quantitative estimate of drug-likeness (QED) is 0.354. The molecule has 14 heavy (non-hydrogen) atoms. The zero-order valence-corrected chi connectivity index (χ0v) is 9.67. The van der Waals surface area contributed by atoms with Crippen molar-refractivity contribution in [2.75, 3.05) is 0 Å². The van der Waals surface area contributed by atoms with Crippen LogP contribution in [0.15, 0.2) is 24.3 Å². The zero-order valence-electron chi connectivity index (χ0n) is 9.67. The van der Waals surface area contributed by atoms with Gasteiger partial charge in [-0.1, -0.05) is 63.8 Å². The fourth-order valence-corrected chi connectivity index (χ4v) is 1.35. The van der Waals surface area contributed by atoms with Crippen molar-refractivity contribution in [2.24, 2.45) is 0 Å². The molecule has 1 radical (unpaired) electrons. The van der Waals surface area contributed by atoms with Crippen molar-refractivity contribution in [3.05, 3.63) is 31.2 Å². The second kappa shape index (κ2) is 12.5. The van der Waals surface area contributed by atoms with Crippen LogP contribution in [0.5, 0.6) is 0 Å². The van der Waals surface area contributed by atoms with Crippen LogP contribution in [0.2, 0.25) is 0 Å². The lowest BCUT2D eigenvalue weighted by Crippen LogP contribution is -1.75. The molecule has 81 valence electrons. The summed E-state index contributed by atoms with van der Waals surface area (Å²) in [6.45, 7) is 6.01. The van der Waals surface area contributed by atoms with Gasteiger partial charge in [-0.25, -0.2) is 0 Å². The summed E-state index contributed by atoms with van der Waals surface area (Å²) in [5.41, 5.74) is 0. The third-order valence-electron chi connectivity index (χ3n) is 2.21. The largest absolute Gasteiger partial charge is 0.0885 e. The lowest BCUT2D eigenvalue weighted by Gasteiger charge is -1.95. The molecule has 0 aliphatic rings. The first-order valence-corrected chi connectivity index (χ1v) is 6.01. The van der Waals surface area contributed by atoms with Gasteiger partial charge in [0.25, 0.3) is 0 Å². The molecule has 0 aromatic carbocycles. The molecular formula is C14H25. The Labute approximate surface area is 90.1 Å². The maximum Gasteiger partial charge on any atom is -0.0169 e. The molecule has 0 aliphatic heterocycles. The molecule has 0 bridgehead atoms. The minimum atomic E-state index is 1.09. The number of rotatable bonds is 9. The average molecular weight is 193 g/mol. The summed E-state index contributed by atoms with van der Waals surface area (Å²) in [6, 6.07) is 0. The minimum Gasteiger partial charge on any atom is -0.0885 e. The number of unbranched alkanes of at least 4 members (excludes halogenated alkanes) is 5. The predicted octanol–water partition coefficient (Wildman–Crippen LogP) is 5.07. The molecule has 0 nitrogen and oxygen atoms in total. The van der Waals surface area contributed by atoms with Crippen molar-refractivity contribution < 1.29 is 0 Å². The van der Waals surface area contributed by atoms with Gasteiger partial charge in [0.05, 0.1) is 0 Å². The van der Waals surface area contributed by atoms with Crippen LogP contribution in [0.4, 0.5) is 0 Å². The molecule has 0 amide bonds. The first-order chi connectivity index (χ1) is 6.91. The van der Waals surface area contributed by atoms with E-state index in [1.165, 1.54) is 32.1 Å². The van der Waals surface area contributed by atoms with Gasteiger partial charge in [-0.05, 0) is 25.7 Å². The summed E-state index contributed by atoms with van der Waals surface area (Å²) in [5, 5.41) is 0. The average Bonchev–Trinajstić information content (AvgIpc) is 2.21. The molecule has 0 unspecified atom stereocenters. The van der Waals surface area contributed by atoms with Crippen molar-refractivity contribution in [3.63, 3.8) is 0 Å². The highest BCUT2D eigenvalue weighted by molar-refractivity contribution is 4.92. The first kappa shape index (κ1) is 13.5. The zero-order chi connectivity index (χ0) is 10.5. The minimum absolute atomic E-state index is 1.09. The second-order valence-corrected chi connectivity index (χ2v) is 3.64. The standard InChI is InChI=1S/C14H25/c1-3-5-7-9-11-13-14-12-10-8-6-4-2/h6,8,12,14H,1,3-5,7,9-11,13H2,2H3/b8-6-,14-12-. The van der Waals surface area contributed by atoms with E-state index in [1.54, 1.807) is 0 Å². The topological polar surface area (TPSA) is 0 Å². The van der Waals surface area contributed by atoms with Gasteiger partial charge in [0.2, 0.25) is 0 Å². The van der Waals surface area contributed by atoms with E-state index in [4.69, 9.17) is 0 Å². The van der Waals surface area contributed by atoms with Crippen LogP contribution in [0.25, 0.3) is 0 Å². The first-order valence-electron chi connectivity index (χ1n) is 6.01. The lowest BCUT2D eigenvalue weighted by atomic mass is 10.1. The molecule has 0 aromatic heterocycles. The summed E-state index contributed by atoms with van der Waals surface area (Å²) in [5.74, 6) is 0. The lowest BCUT2D eigenvalue weighted by molar-refractivity contribution is 0.651. The highest BCUT2D eigenvalue weighted by atomic mass is 13.9. The van der Waals surface area contributed by atoms with E-state index in [2.05, 4.69) is 38.2 Å². The molecular weight excluding hydrogens is 168 g/mol. The molecule has 0 saturated carbocycles. The van der Waals surface area contributed by atoms with E-state index >= 15 is 0 Å². The SMILES string of the molecule is [CH2]CCCCCC/C=C\C/C=C\CC. The van der Waals surface area contributed by atoms with Crippen LogP contribution in [0.3, 0.4) is 0 Å². The van der Waals surface area contributed by atoms with E-state index in [0.717, 1.165) is 19.3 Å². The molecule has 0 saturated heterocycles. The Kier molecular flexibility index (Phi) is 12.0. The molecule has 0 heteroatoms. The van der Waals surface area contributed by atoms with Crippen molar-refractivity contribution >= 4 is 0 Å². The van der Waals surface area contributed by atoms with Crippen molar-refractivity contribution in [2.45, 2.75) is 58.3 Å². The van der Waals surface area contributed by atoms with Gasteiger partial charge in [-0.3, -0.25) is 0 Å². The highest BCUT2D eigenvalue weighted by Crippen LogP contribution is 2.05. The van der Waals surface area contributed by atoms with E-state index < -0.39 is 0 Å². The normalized spacial score (nSPS) is 11.9. The van der Waals surface area contributed by atoms with Crippen molar-refractivity contribution in [1.29, 1.82) is 0 Å². The highest BCUT2D eigenvalue weighted by Gasteiger charge is 1.85. The van der Waals surface area contributed by atoms with Gasteiger partial charge in [0.15, 0.2) is 0 Å². The van der Waals surface area contributed by atoms with E-state index in [1.807, 2.05) is 0 Å². The molecule has 0 aromatic rings. The van der Waals surface area contributed by atoms with Crippen LogP contribution in [0.1, 0.15) is 58.3 Å². The van der Waals surface area contributed by atoms with E-state index in [-0.39, 0.29) is 0 Å². The van der Waals surface area contributed by atoms with Crippen LogP contribution < -0.4 is 0 Å². The molecule has 0 atom stereocenters. The Morgan fingerprint density at radius 2 is 1.57 bits per heavy atom. The number of allylic oxidation sites excluding steroid dienone is 4. The van der Waals surface area contributed by atoms with Gasteiger partial charge in [0, 0.05) is 0 Å². The fourth-order valence-electron chi connectivity index (χ4n) is 1.35. The van der Waals surface area contributed by atoms with Gasteiger partial charge in [-0.15, -0.1) is 0 Å². The van der Waals surface area contributed by atoms with Gasteiger partial charge >= 0.3 is 0 Å². The van der Waals surface area contributed by atoms with Crippen LogP contribution in [0, 0.1) is 6.92 Å². The van der Waals surface area contributed by atoms with Crippen LogP contribution >= 0.6 is 0 Å². The Hall–Kier alpha value is -0.520. The number of hydrogen-bond donors (Lipinski definition) is 0. The maximum absolute atomic E-state index is 3.84. The summed E-state index contributed by atoms with van der Waals surface area (Å²) < 4.78 is 0. The fraction of sp³-hybridized carbons (Fsp3) is 0.643. The van der Waals surface area contributed by atoms with Crippen molar-refractivity contribution in [1.82, 2.24) is 0 Å². The maximum atomic E-state index is 3.84. The van der Waals surface area contributed by atoms with Crippen molar-refractivity contribution in [3.8, 4) is 0 Å². The molecule has 0 spiro atoms. The summed E-state index contributed by atoms with van der Waals surface area (Å²) in [7, 11) is 0. The molecule has 0 rings (SSSR count). The van der Waals surface area contributed by atoms with Gasteiger partial charge in [-0.2, -0.15) is 0 Å². The smallest absolute Gasteiger partial charge is 0.0169 e.